The van der Waals surface area contributed by atoms with Crippen LogP contribution in [-0.2, 0) is 19.1 Å². The Morgan fingerprint density at radius 3 is 2.46 bits per heavy atom. The second kappa shape index (κ2) is 9.28. The zero-order valence-corrected chi connectivity index (χ0v) is 18.4. The van der Waals surface area contributed by atoms with Crippen LogP contribution in [0.3, 0.4) is 0 Å². The minimum Gasteiger partial charge on any atom is -0.465 e. The molecule has 158 valence electrons. The molecule has 2 aliphatic rings. The van der Waals surface area contributed by atoms with Crippen molar-refractivity contribution in [2.45, 2.75) is 79.6 Å². The molecule has 0 aliphatic heterocycles. The molecule has 2 fully saturated rings. The summed E-state index contributed by atoms with van der Waals surface area (Å²) in [7, 11) is 0. The molecule has 0 N–H and O–H groups in total. The summed E-state index contributed by atoms with van der Waals surface area (Å²) in [5.74, 6) is 0.613. The molecule has 0 amide bonds. The highest BCUT2D eigenvalue weighted by molar-refractivity contribution is 5.66. The van der Waals surface area contributed by atoms with E-state index in [0.717, 1.165) is 32.1 Å². The van der Waals surface area contributed by atoms with Crippen LogP contribution in [0.25, 0.3) is 0 Å². The zero-order valence-electron chi connectivity index (χ0n) is 18.4. The van der Waals surface area contributed by atoms with E-state index in [0.29, 0.717) is 25.0 Å². The van der Waals surface area contributed by atoms with E-state index < -0.39 is 0 Å². The van der Waals surface area contributed by atoms with Crippen LogP contribution < -0.4 is 0 Å². The maximum Gasteiger partial charge on any atom is 0.302 e. The Hall–Kier alpha value is -1.58. The van der Waals surface area contributed by atoms with Gasteiger partial charge >= 0.3 is 11.9 Å². The molecule has 0 aromatic rings. The topological polar surface area (TPSA) is 52.6 Å². The summed E-state index contributed by atoms with van der Waals surface area (Å²) in [5.41, 5.74) is 2.90. The first kappa shape index (κ1) is 22.7. The first-order chi connectivity index (χ1) is 13.1. The van der Waals surface area contributed by atoms with Gasteiger partial charge in [0.1, 0.15) is 6.61 Å². The Kier molecular flexibility index (Phi) is 7.52. The van der Waals surface area contributed by atoms with Crippen molar-refractivity contribution in [2.24, 2.45) is 22.7 Å². The van der Waals surface area contributed by atoms with Crippen molar-refractivity contribution in [2.75, 3.05) is 13.2 Å². The highest BCUT2D eigenvalue weighted by Crippen LogP contribution is 2.62. The van der Waals surface area contributed by atoms with Crippen molar-refractivity contribution in [3.63, 3.8) is 0 Å². The summed E-state index contributed by atoms with van der Waals surface area (Å²) < 4.78 is 10.5. The van der Waals surface area contributed by atoms with Crippen molar-refractivity contribution < 1.29 is 19.1 Å². The van der Waals surface area contributed by atoms with Crippen LogP contribution in [0, 0.1) is 22.7 Å². The molecule has 0 aromatic carbocycles. The van der Waals surface area contributed by atoms with E-state index in [1.54, 1.807) is 0 Å². The van der Waals surface area contributed by atoms with Crippen LogP contribution in [0.15, 0.2) is 23.8 Å². The molecule has 0 heterocycles. The average molecular weight is 391 g/mol. The van der Waals surface area contributed by atoms with E-state index in [9.17, 15) is 9.59 Å². The lowest BCUT2D eigenvalue weighted by molar-refractivity contribution is -0.152. The molecule has 28 heavy (non-hydrogen) atoms. The summed E-state index contributed by atoms with van der Waals surface area (Å²) in [6, 6.07) is 0. The number of rotatable bonds is 7. The summed E-state index contributed by atoms with van der Waals surface area (Å²) in [4.78, 5) is 22.4. The highest BCUT2D eigenvalue weighted by atomic mass is 16.5. The quantitative estimate of drug-likeness (QED) is 0.418. The van der Waals surface area contributed by atoms with Gasteiger partial charge in [-0.25, -0.2) is 0 Å². The maximum absolute atomic E-state index is 11.4. The number of allylic oxidation sites excluding steroid dienone is 2. The number of ether oxygens (including phenoxy) is 2. The van der Waals surface area contributed by atoms with Crippen LogP contribution in [0.5, 0.6) is 0 Å². The van der Waals surface area contributed by atoms with E-state index in [2.05, 4.69) is 27.4 Å². The van der Waals surface area contributed by atoms with Crippen molar-refractivity contribution in [3.05, 3.63) is 23.8 Å². The fraction of sp³-hybridized carbons (Fsp3) is 0.750. The number of fused-ring (bicyclic) bond motifs is 1. The van der Waals surface area contributed by atoms with E-state index in [1.807, 2.05) is 6.08 Å². The molecule has 0 aromatic heterocycles. The molecule has 2 unspecified atom stereocenters. The number of hydrogen-bond acceptors (Lipinski definition) is 4. The number of carbonyl (C=O) groups is 2. The third-order valence-electron chi connectivity index (χ3n) is 7.29. The van der Waals surface area contributed by atoms with Gasteiger partial charge in [0, 0.05) is 19.3 Å². The van der Waals surface area contributed by atoms with Crippen LogP contribution in [-0.4, -0.2) is 25.2 Å². The minimum atomic E-state index is -0.241. The minimum absolute atomic E-state index is 0.0534. The highest BCUT2D eigenvalue weighted by Gasteiger charge is 2.54. The van der Waals surface area contributed by atoms with Gasteiger partial charge < -0.3 is 9.47 Å². The molecule has 0 saturated heterocycles. The predicted octanol–water partition coefficient (Wildman–Crippen LogP) is 5.62. The zero-order chi connectivity index (χ0) is 20.9. The Morgan fingerprint density at radius 1 is 1.14 bits per heavy atom. The lowest BCUT2D eigenvalue weighted by Crippen LogP contribution is -2.52. The molecule has 4 nitrogen and oxygen atoms in total. The number of hydrogen-bond donors (Lipinski definition) is 0. The molecule has 0 bridgehead atoms. The fourth-order valence-corrected chi connectivity index (χ4v) is 5.83. The Balaban J connectivity index is 2.10. The second-order valence-electron chi connectivity index (χ2n) is 9.49. The molecular formula is C24H38O4. The third-order valence-corrected chi connectivity index (χ3v) is 7.29. The summed E-state index contributed by atoms with van der Waals surface area (Å²) in [6.45, 7) is 15.1. The maximum atomic E-state index is 11.4. The van der Waals surface area contributed by atoms with Crippen molar-refractivity contribution in [1.82, 2.24) is 0 Å². The third kappa shape index (κ3) is 5.27. The molecule has 2 rings (SSSR count). The molecule has 4 heteroatoms. The van der Waals surface area contributed by atoms with E-state index in [-0.39, 0.29) is 22.8 Å². The van der Waals surface area contributed by atoms with Gasteiger partial charge in [0.15, 0.2) is 0 Å². The van der Waals surface area contributed by atoms with Crippen molar-refractivity contribution >= 4 is 11.9 Å². The van der Waals surface area contributed by atoms with Crippen molar-refractivity contribution in [3.8, 4) is 0 Å². The first-order valence-corrected chi connectivity index (χ1v) is 10.7. The number of esters is 2. The summed E-state index contributed by atoms with van der Waals surface area (Å²) >= 11 is 0. The van der Waals surface area contributed by atoms with Crippen LogP contribution in [0.1, 0.15) is 79.6 Å². The summed E-state index contributed by atoms with van der Waals surface area (Å²) in [5, 5.41) is 0. The number of carbonyl (C=O) groups excluding carboxylic acids is 2. The predicted molar refractivity (Wildman–Crippen MR) is 112 cm³/mol. The first-order valence-electron chi connectivity index (χ1n) is 10.7. The molecule has 4 atom stereocenters. The summed E-state index contributed by atoms with van der Waals surface area (Å²) in [6.07, 6.45) is 9.82. The average Bonchev–Trinajstić information content (AvgIpc) is 2.59. The van der Waals surface area contributed by atoms with E-state index in [1.165, 1.54) is 37.8 Å². The van der Waals surface area contributed by atoms with Gasteiger partial charge in [0.2, 0.25) is 0 Å². The van der Waals surface area contributed by atoms with Crippen LogP contribution in [0.2, 0.25) is 0 Å². The van der Waals surface area contributed by atoms with E-state index >= 15 is 0 Å². The fourth-order valence-electron chi connectivity index (χ4n) is 5.83. The second-order valence-corrected chi connectivity index (χ2v) is 9.49. The van der Waals surface area contributed by atoms with Gasteiger partial charge in [-0.15, -0.1) is 0 Å². The van der Waals surface area contributed by atoms with Gasteiger partial charge in [0.05, 0.1) is 6.61 Å². The molecule has 2 saturated carbocycles. The van der Waals surface area contributed by atoms with Gasteiger partial charge in [-0.05, 0) is 68.8 Å². The van der Waals surface area contributed by atoms with Crippen molar-refractivity contribution in [1.29, 1.82) is 0 Å². The van der Waals surface area contributed by atoms with Gasteiger partial charge in [-0.1, -0.05) is 38.0 Å². The lowest BCUT2D eigenvalue weighted by atomic mass is 9.47. The van der Waals surface area contributed by atoms with Gasteiger partial charge in [0.25, 0.3) is 0 Å². The van der Waals surface area contributed by atoms with Gasteiger partial charge in [-0.2, -0.15) is 0 Å². The molecule has 2 aliphatic carbocycles. The Morgan fingerprint density at radius 2 is 1.82 bits per heavy atom. The Labute approximate surface area is 170 Å². The van der Waals surface area contributed by atoms with Crippen LogP contribution >= 0.6 is 0 Å². The van der Waals surface area contributed by atoms with E-state index in [4.69, 9.17) is 9.47 Å². The van der Waals surface area contributed by atoms with Gasteiger partial charge in [-0.3, -0.25) is 9.59 Å². The normalized spacial score (nSPS) is 33.2. The monoisotopic (exact) mass is 390 g/mol. The molecular weight excluding hydrogens is 352 g/mol. The SMILES string of the molecule is C=C1CCC2[C@@](C)(COC(C)=O)CCC[C@]2(C)C1CCC(C)=CCOC(C)=O. The Bertz CT molecular complexity index is 635. The standard InChI is InChI=1S/C24H38O4/c1-17(12-15-27-19(3)25)8-10-21-18(2)9-11-22-23(5,16-28-20(4)26)13-7-14-24(21,22)6/h12,21-22H,2,7-11,13-16H2,1,3-6H3/t21?,22?,23-,24-/m1/s1. The molecule has 0 radical (unpaired) electrons. The molecule has 0 spiro atoms. The van der Waals surface area contributed by atoms with Crippen LogP contribution in [0.4, 0.5) is 0 Å². The largest absolute Gasteiger partial charge is 0.465 e. The smallest absolute Gasteiger partial charge is 0.302 e. The lowest BCUT2D eigenvalue weighted by Gasteiger charge is -2.58.